The van der Waals surface area contributed by atoms with E-state index in [2.05, 4.69) is 10.6 Å². The van der Waals surface area contributed by atoms with Crippen molar-refractivity contribution in [1.82, 2.24) is 10.6 Å². The summed E-state index contributed by atoms with van der Waals surface area (Å²) in [7, 11) is 0. The number of amides is 3. The summed E-state index contributed by atoms with van der Waals surface area (Å²) in [5.74, 6) is -0.891. The van der Waals surface area contributed by atoms with Gasteiger partial charge in [-0.2, -0.15) is 0 Å². The number of nitrogens with one attached hydrogen (secondary N) is 2. The molecule has 0 fully saturated rings. The lowest BCUT2D eigenvalue weighted by Crippen LogP contribution is -2.60. The number of carbonyl (C=O) groups is 3. The quantitative estimate of drug-likeness (QED) is 0.499. The number of nitrogens with two attached hydrogens (primary N) is 1. The van der Waals surface area contributed by atoms with E-state index in [1.807, 2.05) is 0 Å². The number of hydrogen-bond donors (Lipinski definition) is 4. The highest BCUT2D eigenvalue weighted by molar-refractivity contribution is 5.88. The number of aliphatic hydroxyl groups is 1. The van der Waals surface area contributed by atoms with Crippen molar-refractivity contribution in [2.24, 2.45) is 5.73 Å². The van der Waals surface area contributed by atoms with Gasteiger partial charge in [0.15, 0.2) is 0 Å². The van der Waals surface area contributed by atoms with Crippen LogP contribution in [0.25, 0.3) is 0 Å². The van der Waals surface area contributed by atoms with Crippen molar-refractivity contribution >= 4 is 18.1 Å². The number of primary amides is 1. The molecule has 0 aliphatic heterocycles. The van der Waals surface area contributed by atoms with Gasteiger partial charge in [-0.3, -0.25) is 4.79 Å². The predicted molar refractivity (Wildman–Crippen MR) is 91.9 cm³/mol. The van der Waals surface area contributed by atoms with E-state index in [9.17, 15) is 19.5 Å². The molecule has 0 saturated heterocycles. The molecule has 0 aromatic carbocycles. The first-order valence-corrected chi connectivity index (χ1v) is 8.09. The Kier molecular flexibility index (Phi) is 8.17. The largest absolute Gasteiger partial charge is 0.444 e. The van der Waals surface area contributed by atoms with Crippen molar-refractivity contribution in [3.63, 3.8) is 0 Å². The van der Waals surface area contributed by atoms with Gasteiger partial charge in [0.1, 0.15) is 16.7 Å². The van der Waals surface area contributed by atoms with Crippen LogP contribution in [0, 0.1) is 0 Å². The third-order valence-electron chi connectivity index (χ3n) is 2.93. The van der Waals surface area contributed by atoms with Crippen LogP contribution in [0.4, 0.5) is 9.59 Å². The van der Waals surface area contributed by atoms with E-state index in [0.29, 0.717) is 0 Å². The third-order valence-corrected chi connectivity index (χ3v) is 2.93. The minimum absolute atomic E-state index is 0.0217. The maximum atomic E-state index is 11.9. The van der Waals surface area contributed by atoms with Crippen LogP contribution in [-0.2, 0) is 14.3 Å². The minimum Gasteiger partial charge on any atom is -0.444 e. The molecule has 0 aliphatic carbocycles. The lowest BCUT2D eigenvalue weighted by Gasteiger charge is -2.31. The van der Waals surface area contributed by atoms with Crippen molar-refractivity contribution in [3.05, 3.63) is 0 Å². The SMILES string of the molecule is CC(C)(C)OC(=O)NCCCC(CO)(NC(=O)OC(C)(C)C)C(N)=O. The molecule has 25 heavy (non-hydrogen) atoms. The summed E-state index contributed by atoms with van der Waals surface area (Å²) < 4.78 is 10.2. The van der Waals surface area contributed by atoms with Crippen LogP contribution in [-0.4, -0.2) is 53.1 Å². The van der Waals surface area contributed by atoms with E-state index in [4.69, 9.17) is 15.2 Å². The molecule has 0 bridgehead atoms. The number of alkyl carbamates (subject to hydrolysis) is 2. The predicted octanol–water partition coefficient (Wildman–Crippen LogP) is 1.03. The van der Waals surface area contributed by atoms with Crippen LogP contribution in [0.3, 0.4) is 0 Å². The minimum atomic E-state index is -1.67. The first-order chi connectivity index (χ1) is 11.2. The second-order valence-corrected chi connectivity index (χ2v) is 7.76. The summed E-state index contributed by atoms with van der Waals surface area (Å²) in [4.78, 5) is 35.2. The normalized spacial score (nSPS) is 14.2. The molecule has 0 saturated carbocycles. The summed E-state index contributed by atoms with van der Waals surface area (Å²) in [6.07, 6.45) is -1.16. The van der Waals surface area contributed by atoms with Gasteiger partial charge in [0.25, 0.3) is 0 Å². The fraction of sp³-hybridized carbons (Fsp3) is 0.812. The fourth-order valence-corrected chi connectivity index (χ4v) is 1.84. The highest BCUT2D eigenvalue weighted by Gasteiger charge is 2.38. The molecule has 0 aliphatic rings. The Morgan fingerprint density at radius 2 is 1.44 bits per heavy atom. The molecule has 0 rings (SSSR count). The molecule has 1 unspecified atom stereocenters. The highest BCUT2D eigenvalue weighted by atomic mass is 16.6. The Labute approximate surface area is 148 Å². The maximum Gasteiger partial charge on any atom is 0.408 e. The van der Waals surface area contributed by atoms with Crippen LogP contribution >= 0.6 is 0 Å². The van der Waals surface area contributed by atoms with Gasteiger partial charge in [-0.05, 0) is 54.4 Å². The molecule has 0 radical (unpaired) electrons. The van der Waals surface area contributed by atoms with E-state index in [0.717, 1.165) is 0 Å². The molecule has 9 heteroatoms. The van der Waals surface area contributed by atoms with Crippen LogP contribution < -0.4 is 16.4 Å². The van der Waals surface area contributed by atoms with Gasteiger partial charge in [-0.15, -0.1) is 0 Å². The van der Waals surface area contributed by atoms with E-state index in [1.165, 1.54) is 0 Å². The van der Waals surface area contributed by atoms with E-state index >= 15 is 0 Å². The number of ether oxygens (including phenoxy) is 2. The van der Waals surface area contributed by atoms with Crippen molar-refractivity contribution in [2.75, 3.05) is 13.2 Å². The summed E-state index contributed by atoms with van der Waals surface area (Å²) in [6, 6.07) is 0. The summed E-state index contributed by atoms with van der Waals surface area (Å²) in [5, 5.41) is 14.4. The van der Waals surface area contributed by atoms with Gasteiger partial charge in [0, 0.05) is 6.54 Å². The third kappa shape index (κ3) is 9.75. The standard InChI is InChI=1S/C16H31N3O6/c1-14(2,3)24-12(22)18-9-7-8-16(10-20,11(17)21)19-13(23)25-15(4,5)6/h20H,7-10H2,1-6H3,(H2,17,21)(H,18,22)(H,19,23). The first kappa shape index (κ1) is 23.0. The smallest absolute Gasteiger partial charge is 0.408 e. The molecule has 146 valence electrons. The summed E-state index contributed by atoms with van der Waals surface area (Å²) >= 11 is 0. The van der Waals surface area contributed by atoms with Crippen LogP contribution in [0.1, 0.15) is 54.4 Å². The molecule has 5 N–H and O–H groups in total. The summed E-state index contributed by atoms with van der Waals surface area (Å²) in [5.41, 5.74) is 2.29. The molecule has 0 aromatic heterocycles. The van der Waals surface area contributed by atoms with Gasteiger partial charge >= 0.3 is 12.2 Å². The Morgan fingerprint density at radius 3 is 1.84 bits per heavy atom. The second kappa shape index (κ2) is 8.89. The number of rotatable bonds is 7. The molecule has 9 nitrogen and oxygen atoms in total. The zero-order valence-electron chi connectivity index (χ0n) is 15.9. The fourth-order valence-electron chi connectivity index (χ4n) is 1.84. The van der Waals surface area contributed by atoms with Gasteiger partial charge < -0.3 is 30.9 Å². The Hall–Kier alpha value is -2.03. The van der Waals surface area contributed by atoms with Crippen molar-refractivity contribution in [3.8, 4) is 0 Å². The molecule has 0 aromatic rings. The maximum absolute atomic E-state index is 11.9. The van der Waals surface area contributed by atoms with Crippen molar-refractivity contribution in [1.29, 1.82) is 0 Å². The van der Waals surface area contributed by atoms with Gasteiger partial charge in [0.05, 0.1) is 6.61 Å². The van der Waals surface area contributed by atoms with Crippen molar-refractivity contribution < 1.29 is 29.0 Å². The van der Waals surface area contributed by atoms with E-state index in [1.54, 1.807) is 41.5 Å². The summed E-state index contributed by atoms with van der Waals surface area (Å²) in [6.45, 7) is 9.71. The van der Waals surface area contributed by atoms with Crippen molar-refractivity contribution in [2.45, 2.75) is 71.1 Å². The Bertz CT molecular complexity index is 481. The molecule has 0 heterocycles. The Balaban J connectivity index is 4.66. The second-order valence-electron chi connectivity index (χ2n) is 7.76. The van der Waals surface area contributed by atoms with Crippen LogP contribution in [0.2, 0.25) is 0 Å². The average Bonchev–Trinajstić information content (AvgIpc) is 2.37. The Morgan fingerprint density at radius 1 is 0.960 bits per heavy atom. The molecular formula is C16H31N3O6. The topological polar surface area (TPSA) is 140 Å². The molecular weight excluding hydrogens is 330 g/mol. The average molecular weight is 361 g/mol. The lowest BCUT2D eigenvalue weighted by atomic mass is 9.93. The zero-order chi connectivity index (χ0) is 19.9. The van der Waals surface area contributed by atoms with Gasteiger partial charge in [0.2, 0.25) is 5.91 Å². The molecule has 3 amide bonds. The van der Waals surface area contributed by atoms with E-state index < -0.39 is 41.4 Å². The lowest BCUT2D eigenvalue weighted by molar-refractivity contribution is -0.126. The highest BCUT2D eigenvalue weighted by Crippen LogP contribution is 2.15. The number of aliphatic hydroxyl groups excluding tert-OH is 1. The zero-order valence-corrected chi connectivity index (χ0v) is 15.9. The molecule has 0 spiro atoms. The van der Waals surface area contributed by atoms with Gasteiger partial charge in [-0.1, -0.05) is 0 Å². The monoisotopic (exact) mass is 361 g/mol. The van der Waals surface area contributed by atoms with E-state index in [-0.39, 0.29) is 19.4 Å². The van der Waals surface area contributed by atoms with Crippen LogP contribution in [0.5, 0.6) is 0 Å². The van der Waals surface area contributed by atoms with Crippen LogP contribution in [0.15, 0.2) is 0 Å². The molecule has 1 atom stereocenters. The van der Waals surface area contributed by atoms with Gasteiger partial charge in [-0.25, -0.2) is 9.59 Å². The number of carbonyl (C=O) groups excluding carboxylic acids is 3. The number of hydrogen-bond acceptors (Lipinski definition) is 6. The first-order valence-electron chi connectivity index (χ1n) is 8.09.